The Kier molecular flexibility index (Phi) is 4.39. The zero-order chi connectivity index (χ0) is 19.9. The molecule has 0 saturated carbocycles. The Morgan fingerprint density at radius 2 is 2.14 bits per heavy atom. The van der Waals surface area contributed by atoms with E-state index in [1.807, 2.05) is 11.0 Å². The first kappa shape index (κ1) is 18.2. The fourth-order valence-electron chi connectivity index (χ4n) is 3.50. The Morgan fingerprint density at radius 3 is 2.86 bits per heavy atom. The molecule has 0 aromatic carbocycles. The highest BCUT2D eigenvalue weighted by Gasteiger charge is 2.32. The van der Waals surface area contributed by atoms with Crippen molar-refractivity contribution in [2.45, 2.75) is 25.1 Å². The van der Waals surface area contributed by atoms with Gasteiger partial charge in [-0.25, -0.2) is 15.0 Å². The maximum Gasteiger partial charge on any atom is 0.417 e. The van der Waals surface area contributed by atoms with Gasteiger partial charge in [0, 0.05) is 42.5 Å². The van der Waals surface area contributed by atoms with Gasteiger partial charge < -0.3 is 15.6 Å². The van der Waals surface area contributed by atoms with E-state index in [9.17, 15) is 18.4 Å². The predicted molar refractivity (Wildman–Crippen MR) is 96.3 cm³/mol. The molecule has 3 aromatic heterocycles. The van der Waals surface area contributed by atoms with Gasteiger partial charge in [0.2, 0.25) is 5.95 Å². The van der Waals surface area contributed by atoms with Crippen LogP contribution in [0.25, 0.3) is 22.3 Å². The van der Waals surface area contributed by atoms with Crippen LogP contribution >= 0.6 is 0 Å². The Bertz CT molecular complexity index is 1070. The van der Waals surface area contributed by atoms with Gasteiger partial charge in [-0.05, 0) is 18.9 Å². The van der Waals surface area contributed by atoms with Crippen molar-refractivity contribution in [2.24, 2.45) is 5.73 Å². The topological polar surface area (TPSA) is 108 Å². The molecule has 4 rings (SSSR count). The van der Waals surface area contributed by atoms with Gasteiger partial charge in [-0.3, -0.25) is 0 Å². The lowest BCUT2D eigenvalue weighted by atomic mass is 10.1. The summed E-state index contributed by atoms with van der Waals surface area (Å²) in [5, 5.41) is 9.70. The number of H-pyrrole nitrogens is 1. The number of halogens is 3. The fourth-order valence-corrected chi connectivity index (χ4v) is 3.50. The summed E-state index contributed by atoms with van der Waals surface area (Å²) in [4.78, 5) is 17.4. The molecule has 144 valence electrons. The Labute approximate surface area is 158 Å². The summed E-state index contributed by atoms with van der Waals surface area (Å²) >= 11 is 0. The number of anilines is 1. The van der Waals surface area contributed by atoms with Crippen LogP contribution in [0.15, 0.2) is 24.7 Å². The Balaban J connectivity index is 1.86. The van der Waals surface area contributed by atoms with Gasteiger partial charge in [0.15, 0.2) is 0 Å². The van der Waals surface area contributed by atoms with E-state index in [4.69, 9.17) is 5.73 Å². The lowest BCUT2D eigenvalue weighted by molar-refractivity contribution is -0.137. The molecule has 10 heteroatoms. The first-order valence-corrected chi connectivity index (χ1v) is 8.71. The lowest BCUT2D eigenvalue weighted by Crippen LogP contribution is -2.36. The first-order valence-electron chi connectivity index (χ1n) is 8.71. The number of hydrogen-bond donors (Lipinski definition) is 2. The summed E-state index contributed by atoms with van der Waals surface area (Å²) in [6.45, 7) is 1.19. The molecule has 1 aliphatic rings. The highest BCUT2D eigenvalue weighted by molar-refractivity contribution is 5.94. The third-order valence-corrected chi connectivity index (χ3v) is 4.92. The summed E-state index contributed by atoms with van der Waals surface area (Å²) in [6.07, 6.45) is 1.02. The fraction of sp³-hybridized carbons (Fsp3) is 0.333. The van der Waals surface area contributed by atoms with Crippen LogP contribution < -0.4 is 10.6 Å². The van der Waals surface area contributed by atoms with E-state index in [-0.39, 0.29) is 28.3 Å². The van der Waals surface area contributed by atoms with Crippen molar-refractivity contribution in [2.75, 3.05) is 18.0 Å². The van der Waals surface area contributed by atoms with Crippen LogP contribution in [0.4, 0.5) is 19.1 Å². The van der Waals surface area contributed by atoms with Crippen molar-refractivity contribution in [3.05, 3.63) is 35.8 Å². The van der Waals surface area contributed by atoms with Gasteiger partial charge >= 0.3 is 6.18 Å². The number of nitrogens with one attached hydrogen (secondary N) is 1. The molecular formula is C18H16F3N7. The average molecular weight is 387 g/mol. The number of aromatic amines is 1. The summed E-state index contributed by atoms with van der Waals surface area (Å²) < 4.78 is 39.3. The van der Waals surface area contributed by atoms with E-state index in [1.54, 1.807) is 0 Å². The largest absolute Gasteiger partial charge is 0.417 e. The molecule has 0 spiro atoms. The third kappa shape index (κ3) is 3.03. The third-order valence-electron chi connectivity index (χ3n) is 4.92. The van der Waals surface area contributed by atoms with E-state index in [0.29, 0.717) is 18.1 Å². The average Bonchev–Trinajstić information content (AvgIpc) is 3.33. The molecule has 4 heterocycles. The molecular weight excluding hydrogens is 371 g/mol. The van der Waals surface area contributed by atoms with E-state index < -0.39 is 11.7 Å². The van der Waals surface area contributed by atoms with E-state index in [2.05, 4.69) is 19.9 Å². The van der Waals surface area contributed by atoms with Crippen molar-refractivity contribution >= 4 is 17.0 Å². The highest BCUT2D eigenvalue weighted by Crippen LogP contribution is 2.35. The van der Waals surface area contributed by atoms with Gasteiger partial charge in [0.1, 0.15) is 11.7 Å². The SMILES string of the molecule is N#Cc1cnc(N2CCCC2CN)nc1-c1c[nH]c2ncc(C(F)(F)F)cc12. The van der Waals surface area contributed by atoms with Crippen LogP contribution in [-0.4, -0.2) is 39.1 Å². The van der Waals surface area contributed by atoms with Crippen LogP contribution in [0.2, 0.25) is 0 Å². The Hall–Kier alpha value is -3.19. The second kappa shape index (κ2) is 6.76. The number of aromatic nitrogens is 4. The minimum Gasteiger partial charge on any atom is -0.345 e. The van der Waals surface area contributed by atoms with E-state index in [0.717, 1.165) is 31.6 Å². The van der Waals surface area contributed by atoms with Crippen LogP contribution in [0.1, 0.15) is 24.0 Å². The molecule has 1 aliphatic heterocycles. The van der Waals surface area contributed by atoms with Crippen molar-refractivity contribution in [3.63, 3.8) is 0 Å². The first-order chi connectivity index (χ1) is 13.4. The van der Waals surface area contributed by atoms with Gasteiger partial charge in [-0.1, -0.05) is 0 Å². The number of alkyl halides is 3. The van der Waals surface area contributed by atoms with Gasteiger partial charge in [-0.2, -0.15) is 18.4 Å². The quantitative estimate of drug-likeness (QED) is 0.716. The summed E-state index contributed by atoms with van der Waals surface area (Å²) in [7, 11) is 0. The minimum atomic E-state index is -4.52. The number of fused-ring (bicyclic) bond motifs is 1. The highest BCUT2D eigenvalue weighted by atomic mass is 19.4. The molecule has 0 aliphatic carbocycles. The molecule has 1 unspecified atom stereocenters. The summed E-state index contributed by atoms with van der Waals surface area (Å²) in [5.41, 5.74) is 6.04. The lowest BCUT2D eigenvalue weighted by Gasteiger charge is -2.23. The van der Waals surface area contributed by atoms with Crippen LogP contribution in [0, 0.1) is 11.3 Å². The molecule has 7 nitrogen and oxygen atoms in total. The zero-order valence-electron chi connectivity index (χ0n) is 14.7. The molecule has 1 fully saturated rings. The monoisotopic (exact) mass is 387 g/mol. The smallest absolute Gasteiger partial charge is 0.345 e. The van der Waals surface area contributed by atoms with Crippen molar-refractivity contribution in [1.29, 1.82) is 5.26 Å². The standard InChI is InChI=1S/C18H16F3N7/c19-18(20,21)11-4-13-14(9-25-16(13)24-8-11)15-10(5-22)7-26-17(27-15)28-3-1-2-12(28)6-23/h4,7-9,12H,1-3,6,23H2,(H,24,25). The molecule has 3 N–H and O–H groups in total. The van der Waals surface area contributed by atoms with Crippen molar-refractivity contribution in [1.82, 2.24) is 19.9 Å². The number of nitrogens with zero attached hydrogens (tertiary/aromatic N) is 5. The number of rotatable bonds is 3. The van der Waals surface area contributed by atoms with Crippen molar-refractivity contribution < 1.29 is 13.2 Å². The van der Waals surface area contributed by atoms with Crippen molar-refractivity contribution in [3.8, 4) is 17.3 Å². The maximum atomic E-state index is 13.1. The summed E-state index contributed by atoms with van der Waals surface area (Å²) in [5.74, 6) is 0.413. The summed E-state index contributed by atoms with van der Waals surface area (Å²) in [6, 6.07) is 3.12. The van der Waals surface area contributed by atoms with E-state index in [1.165, 1.54) is 12.4 Å². The maximum absolute atomic E-state index is 13.1. The molecule has 3 aromatic rings. The Morgan fingerprint density at radius 1 is 1.32 bits per heavy atom. The molecule has 0 amide bonds. The van der Waals surface area contributed by atoms with Gasteiger partial charge in [0.05, 0.1) is 23.0 Å². The number of hydrogen-bond acceptors (Lipinski definition) is 6. The van der Waals surface area contributed by atoms with E-state index >= 15 is 0 Å². The molecule has 28 heavy (non-hydrogen) atoms. The van der Waals surface area contributed by atoms with Gasteiger partial charge in [-0.15, -0.1) is 0 Å². The normalized spacial score (nSPS) is 17.2. The molecule has 1 saturated heterocycles. The number of nitriles is 1. The second-order valence-corrected chi connectivity index (χ2v) is 6.59. The van der Waals surface area contributed by atoms with Crippen LogP contribution in [0.5, 0.6) is 0 Å². The minimum absolute atomic E-state index is 0.0993. The molecule has 0 bridgehead atoms. The number of pyridine rings is 1. The zero-order valence-corrected chi connectivity index (χ0v) is 14.7. The molecule has 0 radical (unpaired) electrons. The van der Waals surface area contributed by atoms with Crippen LogP contribution in [-0.2, 0) is 6.18 Å². The predicted octanol–water partition coefficient (Wildman–Crippen LogP) is 2.84. The van der Waals surface area contributed by atoms with Crippen LogP contribution in [0.3, 0.4) is 0 Å². The number of nitrogens with two attached hydrogens (primary N) is 1. The van der Waals surface area contributed by atoms with Gasteiger partial charge in [0.25, 0.3) is 0 Å². The molecule has 1 atom stereocenters. The second-order valence-electron chi connectivity index (χ2n) is 6.59.